The van der Waals surface area contributed by atoms with Gasteiger partial charge < -0.3 is 9.84 Å². The molecule has 5 nitrogen and oxygen atoms in total. The molecule has 0 spiro atoms. The normalized spacial score (nSPS) is 22.6. The fourth-order valence-electron chi connectivity index (χ4n) is 1.74. The molecular formula is C10H18O5S. The first-order valence-corrected chi connectivity index (χ1v) is 7.27. The van der Waals surface area contributed by atoms with E-state index in [1.807, 2.05) is 0 Å². The molecule has 0 unspecified atom stereocenters. The van der Waals surface area contributed by atoms with Crippen molar-refractivity contribution >= 4 is 15.8 Å². The van der Waals surface area contributed by atoms with Crippen LogP contribution in [-0.2, 0) is 19.4 Å². The second-order valence-electron chi connectivity index (χ2n) is 4.18. The molecular weight excluding hydrogens is 232 g/mol. The molecule has 0 amide bonds. The van der Waals surface area contributed by atoms with Gasteiger partial charge in [0.05, 0.1) is 23.7 Å². The SMILES string of the molecule is CCOC(=O)CCC1(O)CCS(=O)(=O)CC1. The van der Waals surface area contributed by atoms with Gasteiger partial charge in [-0.05, 0) is 26.2 Å². The summed E-state index contributed by atoms with van der Waals surface area (Å²) in [7, 11) is -2.98. The number of carbonyl (C=O) groups is 1. The highest BCUT2D eigenvalue weighted by Crippen LogP contribution is 2.28. The Bertz CT molecular complexity index is 332. The van der Waals surface area contributed by atoms with Crippen molar-refractivity contribution in [1.29, 1.82) is 0 Å². The summed E-state index contributed by atoms with van der Waals surface area (Å²) in [6.45, 7) is 2.05. The van der Waals surface area contributed by atoms with Gasteiger partial charge in [0.1, 0.15) is 0 Å². The fourth-order valence-corrected chi connectivity index (χ4v) is 3.32. The number of rotatable bonds is 4. The Morgan fingerprint density at radius 3 is 2.44 bits per heavy atom. The molecule has 1 saturated heterocycles. The quantitative estimate of drug-likeness (QED) is 0.724. The number of sulfone groups is 1. The van der Waals surface area contributed by atoms with Crippen LogP contribution in [-0.4, -0.2) is 43.2 Å². The van der Waals surface area contributed by atoms with E-state index in [1.54, 1.807) is 6.92 Å². The zero-order valence-electron chi connectivity index (χ0n) is 9.44. The summed E-state index contributed by atoms with van der Waals surface area (Å²) < 4.78 is 27.1. The van der Waals surface area contributed by atoms with Crippen LogP contribution in [0.25, 0.3) is 0 Å². The van der Waals surface area contributed by atoms with Gasteiger partial charge in [-0.25, -0.2) is 8.42 Å². The maximum Gasteiger partial charge on any atom is 0.305 e. The molecule has 94 valence electrons. The summed E-state index contributed by atoms with van der Waals surface area (Å²) in [5, 5.41) is 10.0. The largest absolute Gasteiger partial charge is 0.466 e. The molecule has 0 aromatic heterocycles. The van der Waals surface area contributed by atoms with Crippen molar-refractivity contribution in [1.82, 2.24) is 0 Å². The molecule has 1 heterocycles. The lowest BCUT2D eigenvalue weighted by Crippen LogP contribution is -2.39. The van der Waals surface area contributed by atoms with Crippen LogP contribution in [0.4, 0.5) is 0 Å². The lowest BCUT2D eigenvalue weighted by molar-refractivity contribution is -0.144. The highest BCUT2D eigenvalue weighted by molar-refractivity contribution is 7.91. The molecule has 0 aromatic rings. The summed E-state index contributed by atoms with van der Waals surface area (Å²) in [4.78, 5) is 11.1. The van der Waals surface area contributed by atoms with Crippen molar-refractivity contribution in [2.75, 3.05) is 18.1 Å². The van der Waals surface area contributed by atoms with Gasteiger partial charge in [-0.2, -0.15) is 0 Å². The summed E-state index contributed by atoms with van der Waals surface area (Å²) in [5.41, 5.74) is -1.02. The van der Waals surface area contributed by atoms with Crippen LogP contribution in [0.5, 0.6) is 0 Å². The molecule has 1 aliphatic heterocycles. The van der Waals surface area contributed by atoms with Crippen molar-refractivity contribution in [2.24, 2.45) is 0 Å². The fraction of sp³-hybridized carbons (Fsp3) is 0.900. The number of hydrogen-bond acceptors (Lipinski definition) is 5. The van der Waals surface area contributed by atoms with Crippen molar-refractivity contribution in [3.63, 3.8) is 0 Å². The molecule has 1 fully saturated rings. The molecule has 0 saturated carbocycles. The predicted molar refractivity (Wildman–Crippen MR) is 58.7 cm³/mol. The van der Waals surface area contributed by atoms with Gasteiger partial charge in [0, 0.05) is 6.42 Å². The zero-order valence-corrected chi connectivity index (χ0v) is 10.3. The van der Waals surface area contributed by atoms with E-state index in [0.717, 1.165) is 0 Å². The maximum absolute atomic E-state index is 11.2. The van der Waals surface area contributed by atoms with Crippen LogP contribution in [0.2, 0.25) is 0 Å². The third-order valence-electron chi connectivity index (χ3n) is 2.86. The molecule has 1 rings (SSSR count). The third-order valence-corrected chi connectivity index (χ3v) is 4.51. The van der Waals surface area contributed by atoms with E-state index in [1.165, 1.54) is 0 Å². The van der Waals surface area contributed by atoms with E-state index < -0.39 is 15.4 Å². The average molecular weight is 250 g/mol. The molecule has 1 aliphatic rings. The topological polar surface area (TPSA) is 80.7 Å². The smallest absolute Gasteiger partial charge is 0.305 e. The summed E-state index contributed by atoms with van der Waals surface area (Å²) in [5.74, 6) is -0.331. The van der Waals surface area contributed by atoms with Gasteiger partial charge in [0.2, 0.25) is 0 Å². The minimum Gasteiger partial charge on any atom is -0.466 e. The zero-order chi connectivity index (χ0) is 12.2. The molecule has 0 aliphatic carbocycles. The van der Waals surface area contributed by atoms with Gasteiger partial charge in [-0.1, -0.05) is 0 Å². The Morgan fingerprint density at radius 1 is 1.38 bits per heavy atom. The number of carbonyl (C=O) groups excluding carboxylic acids is 1. The van der Waals surface area contributed by atoms with Crippen molar-refractivity contribution in [3.05, 3.63) is 0 Å². The number of ether oxygens (including phenoxy) is 1. The third kappa shape index (κ3) is 4.09. The highest BCUT2D eigenvalue weighted by Gasteiger charge is 2.35. The lowest BCUT2D eigenvalue weighted by atomic mass is 9.91. The number of esters is 1. The van der Waals surface area contributed by atoms with Gasteiger partial charge >= 0.3 is 5.97 Å². The Hall–Kier alpha value is -0.620. The minimum absolute atomic E-state index is 0.00628. The lowest BCUT2D eigenvalue weighted by Gasteiger charge is -2.31. The highest BCUT2D eigenvalue weighted by atomic mass is 32.2. The standard InChI is InChI=1S/C10H18O5S/c1-2-15-9(11)3-4-10(12)5-7-16(13,14)8-6-10/h12H,2-8H2,1H3. The molecule has 6 heteroatoms. The van der Waals surface area contributed by atoms with Gasteiger partial charge in [-0.15, -0.1) is 0 Å². The second kappa shape index (κ2) is 5.14. The summed E-state index contributed by atoms with van der Waals surface area (Å²) in [6.07, 6.45) is 0.856. The first-order chi connectivity index (χ1) is 7.37. The summed E-state index contributed by atoms with van der Waals surface area (Å²) in [6, 6.07) is 0. The first-order valence-electron chi connectivity index (χ1n) is 5.45. The molecule has 16 heavy (non-hydrogen) atoms. The minimum atomic E-state index is -2.98. The van der Waals surface area contributed by atoms with Crippen LogP contribution < -0.4 is 0 Å². The Morgan fingerprint density at radius 2 is 1.94 bits per heavy atom. The van der Waals surface area contributed by atoms with Crippen LogP contribution in [0.1, 0.15) is 32.6 Å². The van der Waals surface area contributed by atoms with E-state index in [0.29, 0.717) is 6.61 Å². The Balaban J connectivity index is 2.40. The van der Waals surface area contributed by atoms with Crippen LogP contribution >= 0.6 is 0 Å². The van der Waals surface area contributed by atoms with Crippen LogP contribution in [0.15, 0.2) is 0 Å². The molecule has 0 aromatic carbocycles. The van der Waals surface area contributed by atoms with Crippen LogP contribution in [0.3, 0.4) is 0 Å². The average Bonchev–Trinajstić information content (AvgIpc) is 2.21. The first kappa shape index (κ1) is 13.4. The Labute approximate surface area is 95.7 Å². The van der Waals surface area contributed by atoms with E-state index in [9.17, 15) is 18.3 Å². The monoisotopic (exact) mass is 250 g/mol. The predicted octanol–water partition coefficient (Wildman–Crippen LogP) is 0.269. The van der Waals surface area contributed by atoms with E-state index in [-0.39, 0.29) is 43.2 Å². The number of hydrogen-bond donors (Lipinski definition) is 1. The molecule has 1 N–H and O–H groups in total. The van der Waals surface area contributed by atoms with Gasteiger partial charge in [0.15, 0.2) is 9.84 Å². The Kier molecular flexibility index (Phi) is 4.32. The van der Waals surface area contributed by atoms with Gasteiger partial charge in [-0.3, -0.25) is 4.79 Å². The van der Waals surface area contributed by atoms with Crippen molar-refractivity contribution < 1.29 is 23.1 Å². The summed E-state index contributed by atoms with van der Waals surface area (Å²) >= 11 is 0. The molecule has 0 radical (unpaired) electrons. The number of aliphatic hydroxyl groups is 1. The van der Waals surface area contributed by atoms with Crippen molar-refractivity contribution in [2.45, 2.75) is 38.2 Å². The van der Waals surface area contributed by atoms with E-state index in [4.69, 9.17) is 4.74 Å². The van der Waals surface area contributed by atoms with Crippen LogP contribution in [0, 0.1) is 0 Å². The van der Waals surface area contributed by atoms with Crippen molar-refractivity contribution in [3.8, 4) is 0 Å². The van der Waals surface area contributed by atoms with E-state index >= 15 is 0 Å². The second-order valence-corrected chi connectivity index (χ2v) is 6.48. The van der Waals surface area contributed by atoms with Gasteiger partial charge in [0.25, 0.3) is 0 Å². The van der Waals surface area contributed by atoms with E-state index in [2.05, 4.69) is 0 Å². The molecule has 0 atom stereocenters. The maximum atomic E-state index is 11.2. The molecule has 0 bridgehead atoms.